The summed E-state index contributed by atoms with van der Waals surface area (Å²) in [5, 5.41) is 14.2. The van der Waals surface area contributed by atoms with Crippen molar-refractivity contribution in [2.24, 2.45) is 0 Å². The Kier molecular flexibility index (Phi) is 4.89. The van der Waals surface area contributed by atoms with Gasteiger partial charge in [-0.15, -0.1) is 0 Å². The highest BCUT2D eigenvalue weighted by atomic mass is 16.6. The van der Waals surface area contributed by atoms with Crippen molar-refractivity contribution in [3.63, 3.8) is 0 Å². The van der Waals surface area contributed by atoms with E-state index in [0.29, 0.717) is 24.4 Å². The standard InChI is InChI=1S/C13H22N6O2/c1-4-14-13-15-8-11(19(20)21)12(16-13)18-7-6-17(5-2)10(3)9-18/h8,10H,4-7,9H2,1-3H3,(H,14,15,16). The van der Waals surface area contributed by atoms with E-state index in [9.17, 15) is 10.1 Å². The molecule has 2 heterocycles. The predicted molar refractivity (Wildman–Crippen MR) is 81.8 cm³/mol. The maximum atomic E-state index is 11.2. The Morgan fingerprint density at radius 3 is 2.81 bits per heavy atom. The topological polar surface area (TPSA) is 87.4 Å². The Labute approximate surface area is 124 Å². The summed E-state index contributed by atoms with van der Waals surface area (Å²) < 4.78 is 0. The molecule has 1 aromatic rings. The first-order chi connectivity index (χ1) is 10.1. The Bertz CT molecular complexity index is 509. The maximum absolute atomic E-state index is 11.2. The zero-order valence-electron chi connectivity index (χ0n) is 12.7. The molecular formula is C13H22N6O2. The Balaban J connectivity index is 2.28. The minimum Gasteiger partial charge on any atom is -0.354 e. The Morgan fingerprint density at radius 2 is 2.24 bits per heavy atom. The minimum absolute atomic E-state index is 0.0335. The molecule has 8 nitrogen and oxygen atoms in total. The van der Waals surface area contributed by atoms with Crippen molar-refractivity contribution in [3.05, 3.63) is 16.3 Å². The van der Waals surface area contributed by atoms with Crippen LogP contribution in [0.4, 0.5) is 17.5 Å². The molecule has 8 heteroatoms. The second-order valence-electron chi connectivity index (χ2n) is 5.11. The number of nitrogens with one attached hydrogen (secondary N) is 1. The molecule has 0 bridgehead atoms. The van der Waals surface area contributed by atoms with E-state index in [4.69, 9.17) is 0 Å². The number of anilines is 2. The molecule has 1 fully saturated rings. The molecule has 1 aromatic heterocycles. The van der Waals surface area contributed by atoms with Crippen molar-refractivity contribution in [1.29, 1.82) is 0 Å². The van der Waals surface area contributed by atoms with Gasteiger partial charge in [-0.3, -0.25) is 15.0 Å². The Hall–Kier alpha value is -1.96. The molecule has 0 amide bonds. The maximum Gasteiger partial charge on any atom is 0.329 e. The highest BCUT2D eigenvalue weighted by molar-refractivity contribution is 5.59. The van der Waals surface area contributed by atoms with Crippen molar-refractivity contribution < 1.29 is 4.92 Å². The molecule has 0 radical (unpaired) electrons. The zero-order valence-corrected chi connectivity index (χ0v) is 12.7. The average molecular weight is 294 g/mol. The quantitative estimate of drug-likeness (QED) is 0.647. The van der Waals surface area contributed by atoms with E-state index in [1.165, 1.54) is 6.20 Å². The van der Waals surface area contributed by atoms with Crippen LogP contribution < -0.4 is 10.2 Å². The lowest BCUT2D eigenvalue weighted by Crippen LogP contribution is -2.52. The fraction of sp³-hybridized carbons (Fsp3) is 0.692. The molecule has 1 saturated heterocycles. The van der Waals surface area contributed by atoms with Crippen LogP contribution in [0.3, 0.4) is 0 Å². The lowest BCUT2D eigenvalue weighted by Gasteiger charge is -2.39. The fourth-order valence-electron chi connectivity index (χ4n) is 2.63. The van der Waals surface area contributed by atoms with Crippen LogP contribution in [0, 0.1) is 10.1 Å². The van der Waals surface area contributed by atoms with E-state index in [-0.39, 0.29) is 5.69 Å². The van der Waals surface area contributed by atoms with Crippen molar-refractivity contribution in [1.82, 2.24) is 14.9 Å². The molecular weight excluding hydrogens is 272 g/mol. The van der Waals surface area contributed by atoms with Gasteiger partial charge in [-0.2, -0.15) is 4.98 Å². The minimum atomic E-state index is -0.415. The first-order valence-corrected chi connectivity index (χ1v) is 7.31. The van der Waals surface area contributed by atoms with Crippen LogP contribution >= 0.6 is 0 Å². The largest absolute Gasteiger partial charge is 0.354 e. The van der Waals surface area contributed by atoms with Crippen LogP contribution in [-0.2, 0) is 0 Å². The highest BCUT2D eigenvalue weighted by Gasteiger charge is 2.29. The van der Waals surface area contributed by atoms with Gasteiger partial charge in [-0.05, 0) is 20.4 Å². The fourth-order valence-corrected chi connectivity index (χ4v) is 2.63. The molecule has 0 saturated carbocycles. The molecule has 1 aliphatic heterocycles. The third-order valence-electron chi connectivity index (χ3n) is 3.75. The monoisotopic (exact) mass is 294 g/mol. The van der Waals surface area contributed by atoms with Crippen LogP contribution in [0.2, 0.25) is 0 Å². The molecule has 1 unspecified atom stereocenters. The second-order valence-corrected chi connectivity index (χ2v) is 5.11. The molecule has 1 atom stereocenters. The normalized spacial score (nSPS) is 19.6. The molecule has 21 heavy (non-hydrogen) atoms. The molecule has 0 aliphatic carbocycles. The van der Waals surface area contributed by atoms with Gasteiger partial charge in [0.2, 0.25) is 11.8 Å². The summed E-state index contributed by atoms with van der Waals surface area (Å²) in [4.78, 5) is 23.5. The van der Waals surface area contributed by atoms with Crippen LogP contribution in [0.5, 0.6) is 0 Å². The van der Waals surface area contributed by atoms with E-state index in [0.717, 1.165) is 26.2 Å². The number of aromatic nitrogens is 2. The summed E-state index contributed by atoms with van der Waals surface area (Å²) in [5.41, 5.74) is -0.0335. The number of piperazine rings is 1. The number of nitro groups is 1. The van der Waals surface area contributed by atoms with Gasteiger partial charge in [0, 0.05) is 32.2 Å². The first kappa shape index (κ1) is 15.4. The molecule has 1 aliphatic rings. The number of hydrogen-bond acceptors (Lipinski definition) is 7. The van der Waals surface area contributed by atoms with Crippen molar-refractivity contribution in [2.75, 3.05) is 42.9 Å². The van der Waals surface area contributed by atoms with Crippen LogP contribution in [-0.4, -0.2) is 58.6 Å². The van der Waals surface area contributed by atoms with Crippen LogP contribution in [0.1, 0.15) is 20.8 Å². The number of rotatable bonds is 5. The van der Waals surface area contributed by atoms with E-state index >= 15 is 0 Å². The van der Waals surface area contributed by atoms with Gasteiger partial charge < -0.3 is 10.2 Å². The van der Waals surface area contributed by atoms with Gasteiger partial charge in [0.05, 0.1) is 4.92 Å². The van der Waals surface area contributed by atoms with Gasteiger partial charge in [0.15, 0.2) is 0 Å². The van der Waals surface area contributed by atoms with Crippen LogP contribution in [0.25, 0.3) is 0 Å². The van der Waals surface area contributed by atoms with Crippen molar-refractivity contribution in [3.8, 4) is 0 Å². The molecule has 1 N–H and O–H groups in total. The van der Waals surface area contributed by atoms with Gasteiger partial charge in [-0.1, -0.05) is 6.92 Å². The number of nitrogens with zero attached hydrogens (tertiary/aromatic N) is 5. The first-order valence-electron chi connectivity index (χ1n) is 7.31. The van der Waals surface area contributed by atoms with Crippen LogP contribution in [0.15, 0.2) is 6.20 Å². The summed E-state index contributed by atoms with van der Waals surface area (Å²) in [5.74, 6) is 0.845. The third kappa shape index (κ3) is 3.38. The predicted octanol–water partition coefficient (Wildman–Crippen LogP) is 1.35. The smallest absolute Gasteiger partial charge is 0.329 e. The van der Waals surface area contributed by atoms with Gasteiger partial charge >= 0.3 is 5.69 Å². The van der Waals surface area contributed by atoms with E-state index in [2.05, 4.69) is 34.0 Å². The molecule has 2 rings (SSSR count). The zero-order chi connectivity index (χ0) is 15.4. The average Bonchev–Trinajstić information content (AvgIpc) is 2.47. The summed E-state index contributed by atoms with van der Waals surface area (Å²) in [7, 11) is 0. The Morgan fingerprint density at radius 1 is 1.48 bits per heavy atom. The lowest BCUT2D eigenvalue weighted by molar-refractivity contribution is -0.384. The molecule has 0 aromatic carbocycles. The summed E-state index contributed by atoms with van der Waals surface area (Å²) >= 11 is 0. The summed E-state index contributed by atoms with van der Waals surface area (Å²) in [6.07, 6.45) is 1.29. The van der Waals surface area contributed by atoms with Gasteiger partial charge in [-0.25, -0.2) is 4.98 Å². The molecule has 116 valence electrons. The SMILES string of the molecule is CCNc1ncc([N+](=O)[O-])c(N2CCN(CC)C(C)C2)n1. The van der Waals surface area contributed by atoms with Gasteiger partial charge in [0.25, 0.3) is 0 Å². The van der Waals surface area contributed by atoms with E-state index in [1.807, 2.05) is 11.8 Å². The van der Waals surface area contributed by atoms with Crippen molar-refractivity contribution in [2.45, 2.75) is 26.8 Å². The third-order valence-corrected chi connectivity index (χ3v) is 3.75. The second kappa shape index (κ2) is 6.66. The van der Waals surface area contributed by atoms with Crippen molar-refractivity contribution >= 4 is 17.5 Å². The number of likely N-dealkylation sites (N-methyl/N-ethyl adjacent to an activating group) is 1. The molecule has 0 spiro atoms. The number of hydrogen-bond donors (Lipinski definition) is 1. The van der Waals surface area contributed by atoms with E-state index in [1.54, 1.807) is 0 Å². The van der Waals surface area contributed by atoms with E-state index < -0.39 is 4.92 Å². The van der Waals surface area contributed by atoms with Gasteiger partial charge in [0.1, 0.15) is 6.20 Å². The lowest BCUT2D eigenvalue weighted by atomic mass is 10.2. The summed E-state index contributed by atoms with van der Waals surface area (Å²) in [6, 6.07) is 0.348. The highest BCUT2D eigenvalue weighted by Crippen LogP contribution is 2.28. The summed E-state index contributed by atoms with van der Waals surface area (Å²) in [6.45, 7) is 10.2.